The van der Waals surface area contributed by atoms with Gasteiger partial charge in [0.2, 0.25) is 0 Å². The Labute approximate surface area is 197 Å². The Bertz CT molecular complexity index is 919. The smallest absolute Gasteiger partial charge is 0.144 e. The number of allylic oxidation sites excluding steroid dienone is 4. The monoisotopic (exact) mass is 463 g/mol. The van der Waals surface area contributed by atoms with Crippen molar-refractivity contribution >= 4 is 17.8 Å². The predicted molar refractivity (Wildman–Crippen MR) is 132 cm³/mol. The van der Waals surface area contributed by atoms with E-state index in [1.165, 1.54) is 13.3 Å². The largest absolute Gasteiger partial charge is 0.507 e. The molecule has 5 nitrogen and oxygen atoms in total. The van der Waals surface area contributed by atoms with Gasteiger partial charge in [0, 0.05) is 17.3 Å². The number of aliphatic hydroxyl groups is 2. The fraction of sp³-hybridized carbons (Fsp3) is 0.577. The fourth-order valence-corrected chi connectivity index (χ4v) is 4.94. The molecule has 6 heteroatoms. The Kier molecular flexibility index (Phi) is 8.60. The number of aliphatic imine (C=N–C) groups is 1. The maximum Gasteiger partial charge on any atom is 0.144 e. The molecule has 1 saturated carbocycles. The van der Waals surface area contributed by atoms with Gasteiger partial charge in [0.15, 0.2) is 0 Å². The van der Waals surface area contributed by atoms with Crippen molar-refractivity contribution < 1.29 is 20.1 Å². The van der Waals surface area contributed by atoms with E-state index in [9.17, 15) is 10.2 Å². The minimum Gasteiger partial charge on any atom is -0.507 e. The molecular weight excluding hydrogens is 426 g/mol. The molecule has 0 aromatic heterocycles. The molecule has 1 fully saturated rings. The van der Waals surface area contributed by atoms with Crippen LogP contribution in [-0.4, -0.2) is 41.0 Å². The van der Waals surface area contributed by atoms with E-state index in [-0.39, 0.29) is 23.8 Å². The third-order valence-electron chi connectivity index (χ3n) is 7.60. The number of hydrogen-bond acceptors (Lipinski definition) is 5. The summed E-state index contributed by atoms with van der Waals surface area (Å²) >= 11 is 6.49. The SMILES string of the molecule is COc1c(Cl)c(C)c(C=NCO)c(O)c1C/C=C(C)/C=C/[C@@]1(C)[C@H](C)CC[C@](C)(O)[C@@H]1C. The number of methoxy groups -OCH3 is 1. The minimum absolute atomic E-state index is 0.0477. The molecule has 178 valence electrons. The molecule has 0 bridgehead atoms. The Balaban J connectivity index is 2.37. The number of aromatic hydroxyl groups is 1. The number of phenolic OH excluding ortho intramolecular Hbond substituents is 1. The van der Waals surface area contributed by atoms with E-state index in [4.69, 9.17) is 21.4 Å². The number of ether oxygens (including phenoxy) is 1. The van der Waals surface area contributed by atoms with Crippen LogP contribution in [0.1, 0.15) is 64.2 Å². The Morgan fingerprint density at radius 2 is 1.97 bits per heavy atom. The zero-order chi connectivity index (χ0) is 24.3. The molecular formula is C26H38ClNO4. The summed E-state index contributed by atoms with van der Waals surface area (Å²) in [5.41, 5.74) is 1.94. The summed E-state index contributed by atoms with van der Waals surface area (Å²) in [6.07, 6.45) is 10.0. The Hall–Kier alpha value is -1.82. The van der Waals surface area contributed by atoms with Gasteiger partial charge in [-0.05, 0) is 62.8 Å². The second-order valence-electron chi connectivity index (χ2n) is 9.54. The van der Waals surface area contributed by atoms with Crippen LogP contribution in [0.4, 0.5) is 0 Å². The molecule has 2 rings (SSSR count). The van der Waals surface area contributed by atoms with Crippen molar-refractivity contribution in [2.45, 2.75) is 66.4 Å². The lowest BCUT2D eigenvalue weighted by molar-refractivity contribution is -0.0915. The van der Waals surface area contributed by atoms with Crippen molar-refractivity contribution in [3.8, 4) is 11.5 Å². The zero-order valence-electron chi connectivity index (χ0n) is 20.4. The summed E-state index contributed by atoms with van der Waals surface area (Å²) in [4.78, 5) is 3.84. The third kappa shape index (κ3) is 5.22. The van der Waals surface area contributed by atoms with Crippen LogP contribution in [0.2, 0.25) is 5.02 Å². The summed E-state index contributed by atoms with van der Waals surface area (Å²) < 4.78 is 5.49. The highest BCUT2D eigenvalue weighted by Gasteiger charge is 2.47. The van der Waals surface area contributed by atoms with E-state index in [1.54, 1.807) is 6.92 Å². The minimum atomic E-state index is -0.673. The molecule has 3 N–H and O–H groups in total. The molecule has 32 heavy (non-hydrogen) atoms. The van der Waals surface area contributed by atoms with Crippen molar-refractivity contribution in [1.29, 1.82) is 0 Å². The molecule has 1 aromatic rings. The van der Waals surface area contributed by atoms with E-state index in [2.05, 4.69) is 37.9 Å². The molecule has 0 heterocycles. The molecule has 4 atom stereocenters. The summed E-state index contributed by atoms with van der Waals surface area (Å²) in [5.74, 6) is 1.09. The molecule has 0 amide bonds. The van der Waals surface area contributed by atoms with Crippen LogP contribution >= 0.6 is 11.6 Å². The second kappa shape index (κ2) is 10.4. The van der Waals surface area contributed by atoms with Crippen molar-refractivity contribution in [2.75, 3.05) is 13.8 Å². The predicted octanol–water partition coefficient (Wildman–Crippen LogP) is 5.60. The quantitative estimate of drug-likeness (QED) is 0.363. The van der Waals surface area contributed by atoms with Crippen LogP contribution in [0, 0.1) is 24.2 Å². The molecule has 0 spiro atoms. The molecule has 1 aliphatic carbocycles. The molecule has 0 aliphatic heterocycles. The third-order valence-corrected chi connectivity index (χ3v) is 8.05. The van der Waals surface area contributed by atoms with Gasteiger partial charge >= 0.3 is 0 Å². The summed E-state index contributed by atoms with van der Waals surface area (Å²) in [5, 5.41) is 31.1. The van der Waals surface area contributed by atoms with Crippen molar-refractivity contribution in [3.05, 3.63) is 45.5 Å². The topological polar surface area (TPSA) is 82.3 Å². The molecule has 1 aliphatic rings. The normalized spacial score (nSPS) is 29.2. The average molecular weight is 464 g/mol. The second-order valence-corrected chi connectivity index (χ2v) is 9.91. The van der Waals surface area contributed by atoms with Gasteiger partial charge in [-0.25, -0.2) is 0 Å². The lowest BCUT2D eigenvalue weighted by atomic mass is 9.57. The van der Waals surface area contributed by atoms with Gasteiger partial charge in [-0.15, -0.1) is 0 Å². The van der Waals surface area contributed by atoms with E-state index in [0.717, 1.165) is 18.4 Å². The first-order valence-corrected chi connectivity index (χ1v) is 11.5. The van der Waals surface area contributed by atoms with E-state index >= 15 is 0 Å². The van der Waals surface area contributed by atoms with Gasteiger partial charge in [0.1, 0.15) is 18.2 Å². The van der Waals surface area contributed by atoms with Gasteiger partial charge < -0.3 is 20.1 Å². The van der Waals surface area contributed by atoms with Crippen molar-refractivity contribution in [3.63, 3.8) is 0 Å². The van der Waals surface area contributed by atoms with Gasteiger partial charge in [-0.2, -0.15) is 0 Å². The first kappa shape index (κ1) is 26.4. The van der Waals surface area contributed by atoms with Crippen LogP contribution in [0.3, 0.4) is 0 Å². The summed E-state index contributed by atoms with van der Waals surface area (Å²) in [7, 11) is 1.53. The zero-order valence-corrected chi connectivity index (χ0v) is 21.1. The van der Waals surface area contributed by atoms with Crippen LogP contribution < -0.4 is 4.74 Å². The first-order chi connectivity index (χ1) is 14.9. The highest BCUT2D eigenvalue weighted by molar-refractivity contribution is 6.33. The highest BCUT2D eigenvalue weighted by atomic mass is 35.5. The molecule has 0 radical (unpaired) electrons. The van der Waals surface area contributed by atoms with E-state index in [0.29, 0.717) is 39.8 Å². The van der Waals surface area contributed by atoms with E-state index < -0.39 is 5.60 Å². The summed E-state index contributed by atoms with van der Waals surface area (Å²) in [6, 6.07) is 0. The summed E-state index contributed by atoms with van der Waals surface area (Å²) in [6.45, 7) is 12.0. The van der Waals surface area contributed by atoms with Crippen LogP contribution in [0.25, 0.3) is 0 Å². The number of nitrogens with zero attached hydrogens (tertiary/aromatic N) is 1. The van der Waals surface area contributed by atoms with Gasteiger partial charge in [0.05, 0.1) is 17.7 Å². The average Bonchev–Trinajstić information content (AvgIpc) is 2.75. The Morgan fingerprint density at radius 3 is 2.56 bits per heavy atom. The van der Waals surface area contributed by atoms with Crippen molar-refractivity contribution in [2.24, 2.45) is 22.2 Å². The molecule has 0 unspecified atom stereocenters. The molecule has 0 saturated heterocycles. The van der Waals surface area contributed by atoms with Gasteiger partial charge in [-0.1, -0.05) is 56.2 Å². The number of rotatable bonds is 7. The maximum absolute atomic E-state index is 10.9. The van der Waals surface area contributed by atoms with E-state index in [1.807, 2.05) is 19.9 Å². The highest BCUT2D eigenvalue weighted by Crippen LogP contribution is 2.50. The number of hydrogen-bond donors (Lipinski definition) is 3. The van der Waals surface area contributed by atoms with Crippen molar-refractivity contribution in [1.82, 2.24) is 0 Å². The number of benzene rings is 1. The Morgan fingerprint density at radius 1 is 1.31 bits per heavy atom. The number of aliphatic hydroxyl groups excluding tert-OH is 1. The maximum atomic E-state index is 10.9. The van der Waals surface area contributed by atoms with Crippen LogP contribution in [-0.2, 0) is 6.42 Å². The number of halogens is 1. The van der Waals surface area contributed by atoms with Crippen LogP contribution in [0.5, 0.6) is 11.5 Å². The molecule has 1 aromatic carbocycles. The lowest BCUT2D eigenvalue weighted by Gasteiger charge is -2.50. The standard InChI is InChI=1S/C26H38ClNO4/c1-16(10-12-25(5)17(2)11-13-26(6,31)19(25)4)8-9-20-23(30)21(14-28-15-29)18(3)22(27)24(20)32-7/h8,10,12,14,17,19,29-31H,9,11,13,15H2,1-7H3/b12-10+,16-8+,28-14?/t17-,19-,25+,26+/m1/s1. The van der Waals surface area contributed by atoms with Crippen LogP contribution in [0.15, 0.2) is 28.8 Å². The van der Waals surface area contributed by atoms with Gasteiger partial charge in [-0.3, -0.25) is 4.99 Å². The van der Waals surface area contributed by atoms with Gasteiger partial charge in [0.25, 0.3) is 0 Å². The lowest BCUT2D eigenvalue weighted by Crippen LogP contribution is -2.49. The number of phenols is 1. The fourth-order valence-electron chi connectivity index (χ4n) is 4.64. The first-order valence-electron chi connectivity index (χ1n) is 11.2.